The normalized spacial score (nSPS) is 13.2. The second-order valence-corrected chi connectivity index (χ2v) is 11.6. The van der Waals surface area contributed by atoms with Crippen molar-refractivity contribution in [1.82, 2.24) is 0 Å². The Balaban J connectivity index is 3.63. The standard InChI is InChI=1S/C40H68O4/c1-3-5-7-9-11-13-15-17-18-19-20-21-22-23-25-27-29-31-33-35-40(42)44-39(37-41)38-43-36-34-32-30-28-26-24-16-14-12-10-8-6-4-2/h5,7,11,13,17-18,20-21,23,25,29,31,39,41H,3-4,6,8-10,12,14-16,19,22,24,26-28,30,32-38H2,1-2H3/b7-5-,13-11-,18-17-,21-20-,25-23-,31-29-. The van der Waals surface area contributed by atoms with Crippen molar-refractivity contribution in [2.24, 2.45) is 0 Å². The molecule has 0 aliphatic carbocycles. The maximum Gasteiger partial charge on any atom is 0.306 e. The van der Waals surface area contributed by atoms with E-state index in [1.54, 1.807) is 0 Å². The second kappa shape index (κ2) is 37.0. The van der Waals surface area contributed by atoms with Crippen LogP contribution in [0, 0.1) is 0 Å². The maximum absolute atomic E-state index is 12.1. The van der Waals surface area contributed by atoms with Gasteiger partial charge >= 0.3 is 5.97 Å². The Morgan fingerprint density at radius 2 is 0.977 bits per heavy atom. The monoisotopic (exact) mass is 613 g/mol. The minimum atomic E-state index is -0.574. The summed E-state index contributed by atoms with van der Waals surface area (Å²) in [6.07, 6.45) is 49.5. The summed E-state index contributed by atoms with van der Waals surface area (Å²) < 4.78 is 11.0. The second-order valence-electron chi connectivity index (χ2n) is 11.6. The van der Waals surface area contributed by atoms with Gasteiger partial charge in [-0.3, -0.25) is 4.79 Å². The number of allylic oxidation sites excluding steroid dienone is 12. The number of carbonyl (C=O) groups is 1. The van der Waals surface area contributed by atoms with Gasteiger partial charge in [-0.1, -0.05) is 164 Å². The van der Waals surface area contributed by atoms with E-state index in [4.69, 9.17) is 9.47 Å². The zero-order valence-electron chi connectivity index (χ0n) is 28.6. The van der Waals surface area contributed by atoms with Crippen LogP contribution in [0.15, 0.2) is 72.9 Å². The average molecular weight is 613 g/mol. The lowest BCUT2D eigenvalue weighted by molar-refractivity contribution is -0.154. The molecule has 0 aliphatic rings. The number of carbonyl (C=O) groups excluding carboxylic acids is 1. The van der Waals surface area contributed by atoms with Crippen molar-refractivity contribution in [3.8, 4) is 0 Å². The van der Waals surface area contributed by atoms with E-state index in [0.29, 0.717) is 19.4 Å². The number of rotatable bonds is 32. The Hall–Kier alpha value is -2.17. The predicted octanol–water partition coefficient (Wildman–Crippen LogP) is 11.5. The van der Waals surface area contributed by atoms with Gasteiger partial charge in [-0.05, 0) is 51.4 Å². The quantitative estimate of drug-likeness (QED) is 0.0466. The smallest absolute Gasteiger partial charge is 0.306 e. The number of aliphatic hydroxyl groups excluding tert-OH is 1. The molecule has 0 aromatic carbocycles. The minimum Gasteiger partial charge on any atom is -0.457 e. The zero-order chi connectivity index (χ0) is 32.0. The molecule has 0 amide bonds. The van der Waals surface area contributed by atoms with Crippen LogP contribution in [0.4, 0.5) is 0 Å². The fourth-order valence-corrected chi connectivity index (χ4v) is 4.65. The van der Waals surface area contributed by atoms with Gasteiger partial charge in [-0.2, -0.15) is 0 Å². The molecule has 252 valence electrons. The first-order chi connectivity index (χ1) is 21.7. The van der Waals surface area contributed by atoms with Gasteiger partial charge in [0.15, 0.2) is 0 Å². The molecule has 0 bridgehead atoms. The number of hydrogen-bond donors (Lipinski definition) is 1. The van der Waals surface area contributed by atoms with E-state index in [2.05, 4.69) is 80.7 Å². The van der Waals surface area contributed by atoms with E-state index in [0.717, 1.165) is 44.9 Å². The molecule has 0 aromatic heterocycles. The van der Waals surface area contributed by atoms with Crippen LogP contribution in [0.3, 0.4) is 0 Å². The van der Waals surface area contributed by atoms with E-state index < -0.39 is 6.10 Å². The SMILES string of the molecule is CC/C=C\C/C=C\C/C=C\C/C=C\C/C=C\C/C=C\CCC(=O)OC(CO)COCCCCCCCCCCCCCCC. The largest absolute Gasteiger partial charge is 0.457 e. The average Bonchev–Trinajstić information content (AvgIpc) is 3.03. The van der Waals surface area contributed by atoms with Gasteiger partial charge in [-0.15, -0.1) is 0 Å². The van der Waals surface area contributed by atoms with Gasteiger partial charge < -0.3 is 14.6 Å². The molecule has 44 heavy (non-hydrogen) atoms. The summed E-state index contributed by atoms with van der Waals surface area (Å²) in [5, 5.41) is 9.53. The van der Waals surface area contributed by atoms with Gasteiger partial charge in [0.25, 0.3) is 0 Å². The molecule has 1 atom stereocenters. The summed E-state index contributed by atoms with van der Waals surface area (Å²) in [6.45, 7) is 5.14. The molecule has 0 aromatic rings. The zero-order valence-corrected chi connectivity index (χ0v) is 28.6. The van der Waals surface area contributed by atoms with Gasteiger partial charge in [-0.25, -0.2) is 0 Å². The molecule has 4 heteroatoms. The van der Waals surface area contributed by atoms with Crippen LogP contribution in [0.1, 0.15) is 149 Å². The Morgan fingerprint density at radius 3 is 1.41 bits per heavy atom. The highest BCUT2D eigenvalue weighted by Crippen LogP contribution is 2.12. The lowest BCUT2D eigenvalue weighted by Gasteiger charge is -2.15. The third-order valence-electron chi connectivity index (χ3n) is 7.31. The molecular weight excluding hydrogens is 544 g/mol. The summed E-state index contributed by atoms with van der Waals surface area (Å²) in [6, 6.07) is 0. The number of ether oxygens (including phenoxy) is 2. The van der Waals surface area contributed by atoms with E-state index in [9.17, 15) is 9.90 Å². The molecule has 0 rings (SSSR count). The molecule has 1 unspecified atom stereocenters. The lowest BCUT2D eigenvalue weighted by atomic mass is 10.0. The van der Waals surface area contributed by atoms with E-state index >= 15 is 0 Å². The van der Waals surface area contributed by atoms with Crippen LogP contribution in [0.5, 0.6) is 0 Å². The molecule has 0 aliphatic heterocycles. The Labute approximate surface area is 272 Å². The van der Waals surface area contributed by atoms with Crippen molar-refractivity contribution >= 4 is 5.97 Å². The van der Waals surface area contributed by atoms with Crippen LogP contribution >= 0.6 is 0 Å². The fraction of sp³-hybridized carbons (Fsp3) is 0.675. The minimum absolute atomic E-state index is 0.204. The van der Waals surface area contributed by atoms with Crippen molar-refractivity contribution < 1.29 is 19.4 Å². The molecule has 0 heterocycles. The number of hydrogen-bond acceptors (Lipinski definition) is 4. The lowest BCUT2D eigenvalue weighted by Crippen LogP contribution is -2.27. The molecule has 0 saturated carbocycles. The molecule has 0 saturated heterocycles. The first-order valence-electron chi connectivity index (χ1n) is 18.0. The fourth-order valence-electron chi connectivity index (χ4n) is 4.65. The van der Waals surface area contributed by atoms with Gasteiger partial charge in [0.05, 0.1) is 13.2 Å². The van der Waals surface area contributed by atoms with Crippen molar-refractivity contribution in [2.45, 2.75) is 155 Å². The molecule has 0 radical (unpaired) electrons. The summed E-state index contributed by atoms with van der Waals surface area (Å²) >= 11 is 0. The van der Waals surface area contributed by atoms with Crippen LogP contribution in [0.2, 0.25) is 0 Å². The Bertz CT molecular complexity index is 774. The number of esters is 1. The number of unbranched alkanes of at least 4 members (excludes halogenated alkanes) is 12. The van der Waals surface area contributed by atoms with Crippen molar-refractivity contribution in [3.63, 3.8) is 0 Å². The Kier molecular flexibility index (Phi) is 35.2. The first kappa shape index (κ1) is 41.8. The highest BCUT2D eigenvalue weighted by Gasteiger charge is 2.13. The summed E-state index contributed by atoms with van der Waals surface area (Å²) in [7, 11) is 0. The highest BCUT2D eigenvalue weighted by atomic mass is 16.6. The summed E-state index contributed by atoms with van der Waals surface area (Å²) in [5.41, 5.74) is 0. The van der Waals surface area contributed by atoms with Crippen molar-refractivity contribution in [2.75, 3.05) is 19.8 Å². The topological polar surface area (TPSA) is 55.8 Å². The third kappa shape index (κ3) is 34.3. The first-order valence-corrected chi connectivity index (χ1v) is 18.0. The summed E-state index contributed by atoms with van der Waals surface area (Å²) in [4.78, 5) is 12.1. The maximum atomic E-state index is 12.1. The van der Waals surface area contributed by atoms with E-state index in [-0.39, 0.29) is 19.2 Å². The predicted molar refractivity (Wildman–Crippen MR) is 191 cm³/mol. The molecular formula is C40H68O4. The molecule has 1 N–H and O–H groups in total. The van der Waals surface area contributed by atoms with Crippen LogP contribution in [-0.2, 0) is 14.3 Å². The van der Waals surface area contributed by atoms with Gasteiger partial charge in [0.1, 0.15) is 6.10 Å². The van der Waals surface area contributed by atoms with Crippen LogP contribution in [-0.4, -0.2) is 37.0 Å². The van der Waals surface area contributed by atoms with Gasteiger partial charge in [0, 0.05) is 13.0 Å². The van der Waals surface area contributed by atoms with Crippen LogP contribution in [0.25, 0.3) is 0 Å². The third-order valence-corrected chi connectivity index (χ3v) is 7.31. The van der Waals surface area contributed by atoms with Crippen LogP contribution < -0.4 is 0 Å². The van der Waals surface area contributed by atoms with Gasteiger partial charge in [0.2, 0.25) is 0 Å². The Morgan fingerprint density at radius 1 is 0.568 bits per heavy atom. The molecule has 4 nitrogen and oxygen atoms in total. The van der Waals surface area contributed by atoms with E-state index in [1.165, 1.54) is 77.0 Å². The molecule has 0 spiro atoms. The number of aliphatic hydroxyl groups is 1. The highest BCUT2D eigenvalue weighted by molar-refractivity contribution is 5.69. The van der Waals surface area contributed by atoms with E-state index in [1.807, 2.05) is 6.08 Å². The molecule has 0 fully saturated rings. The van der Waals surface area contributed by atoms with Crippen molar-refractivity contribution in [1.29, 1.82) is 0 Å². The van der Waals surface area contributed by atoms with Crippen molar-refractivity contribution in [3.05, 3.63) is 72.9 Å². The summed E-state index contributed by atoms with van der Waals surface area (Å²) in [5.74, 6) is -0.284.